The molecule has 1 fully saturated rings. The molecular formula is C13H28N2O3S. The van der Waals surface area contributed by atoms with Crippen LogP contribution in [-0.2, 0) is 10.2 Å². The van der Waals surface area contributed by atoms with E-state index in [1.807, 2.05) is 6.92 Å². The molecule has 1 unspecified atom stereocenters. The third-order valence-corrected chi connectivity index (χ3v) is 6.06. The van der Waals surface area contributed by atoms with Gasteiger partial charge in [0.2, 0.25) is 0 Å². The average molecular weight is 292 g/mol. The fraction of sp³-hybridized carbons (Fsp3) is 1.00. The monoisotopic (exact) mass is 292 g/mol. The number of nitrogens with zero attached hydrogens (tertiary/aromatic N) is 2. The molecular weight excluding hydrogens is 264 g/mol. The fourth-order valence-electron chi connectivity index (χ4n) is 2.56. The molecule has 1 heterocycles. The van der Waals surface area contributed by atoms with Gasteiger partial charge in [0.15, 0.2) is 0 Å². The molecule has 19 heavy (non-hydrogen) atoms. The molecule has 0 spiro atoms. The maximum Gasteiger partial charge on any atom is 0.281 e. The number of piperidine rings is 1. The number of hydrogen-bond acceptors (Lipinski definition) is 3. The maximum absolute atomic E-state index is 12.5. The average Bonchev–Trinajstić information content (AvgIpc) is 2.37. The summed E-state index contributed by atoms with van der Waals surface area (Å²) in [6, 6.07) is 0.0144. The molecule has 0 aromatic rings. The minimum atomic E-state index is -3.35. The van der Waals surface area contributed by atoms with Crippen molar-refractivity contribution in [3.63, 3.8) is 0 Å². The summed E-state index contributed by atoms with van der Waals surface area (Å²) in [5, 5.41) is 9.10. The van der Waals surface area contributed by atoms with Crippen LogP contribution < -0.4 is 0 Å². The van der Waals surface area contributed by atoms with Gasteiger partial charge in [-0.1, -0.05) is 13.8 Å². The predicted octanol–water partition coefficient (Wildman–Crippen LogP) is 1.30. The van der Waals surface area contributed by atoms with Crippen LogP contribution in [0.2, 0.25) is 0 Å². The van der Waals surface area contributed by atoms with Crippen LogP contribution in [0.1, 0.15) is 40.0 Å². The molecule has 1 atom stereocenters. The smallest absolute Gasteiger partial charge is 0.281 e. The van der Waals surface area contributed by atoms with Crippen LogP contribution in [0.3, 0.4) is 0 Å². The Labute approximate surface area is 117 Å². The molecule has 0 aromatic heterocycles. The van der Waals surface area contributed by atoms with E-state index >= 15 is 0 Å². The van der Waals surface area contributed by atoms with Crippen LogP contribution in [0.5, 0.6) is 0 Å². The van der Waals surface area contributed by atoms with Crippen LogP contribution in [-0.4, -0.2) is 54.9 Å². The number of hydrogen-bond donors (Lipinski definition) is 1. The van der Waals surface area contributed by atoms with Gasteiger partial charge in [-0.25, -0.2) is 0 Å². The zero-order valence-electron chi connectivity index (χ0n) is 12.5. The van der Waals surface area contributed by atoms with Crippen LogP contribution in [0.25, 0.3) is 0 Å². The van der Waals surface area contributed by atoms with Gasteiger partial charge < -0.3 is 5.11 Å². The number of aliphatic hydroxyl groups excluding tert-OH is 1. The summed E-state index contributed by atoms with van der Waals surface area (Å²) in [5.41, 5.74) is 0. The Morgan fingerprint density at radius 1 is 1.26 bits per heavy atom. The van der Waals surface area contributed by atoms with E-state index in [9.17, 15) is 8.42 Å². The molecule has 114 valence electrons. The van der Waals surface area contributed by atoms with Gasteiger partial charge in [0.25, 0.3) is 10.2 Å². The summed E-state index contributed by atoms with van der Waals surface area (Å²) in [5.74, 6) is 0.734. The summed E-state index contributed by atoms with van der Waals surface area (Å²) in [6.45, 7) is 7.36. The van der Waals surface area contributed by atoms with Crippen molar-refractivity contribution in [3.05, 3.63) is 0 Å². The second kappa shape index (κ2) is 7.02. The molecule has 0 saturated carbocycles. The van der Waals surface area contributed by atoms with E-state index in [1.54, 1.807) is 11.4 Å². The maximum atomic E-state index is 12.5. The van der Waals surface area contributed by atoms with Gasteiger partial charge in [-0.05, 0) is 38.0 Å². The normalized spacial score (nSPS) is 21.2. The summed E-state index contributed by atoms with van der Waals surface area (Å²) in [7, 11) is -1.69. The quantitative estimate of drug-likeness (QED) is 0.803. The van der Waals surface area contributed by atoms with E-state index in [0.29, 0.717) is 19.0 Å². The van der Waals surface area contributed by atoms with Gasteiger partial charge in [-0.15, -0.1) is 0 Å². The fourth-order valence-corrected chi connectivity index (χ4v) is 4.14. The van der Waals surface area contributed by atoms with Crippen molar-refractivity contribution in [2.24, 2.45) is 11.8 Å². The zero-order chi connectivity index (χ0) is 14.6. The molecule has 1 rings (SSSR count). The van der Waals surface area contributed by atoms with E-state index in [0.717, 1.165) is 19.3 Å². The van der Waals surface area contributed by atoms with Gasteiger partial charge in [-0.3, -0.25) is 0 Å². The van der Waals surface area contributed by atoms with Crippen molar-refractivity contribution in [2.45, 2.75) is 46.1 Å². The number of aliphatic hydroxyl groups is 1. The van der Waals surface area contributed by atoms with Crippen LogP contribution >= 0.6 is 0 Å². The predicted molar refractivity (Wildman–Crippen MR) is 77.0 cm³/mol. The summed E-state index contributed by atoms with van der Waals surface area (Å²) < 4.78 is 28.0. The third-order valence-electron chi connectivity index (χ3n) is 3.96. The third kappa shape index (κ3) is 4.41. The first-order valence-corrected chi connectivity index (χ1v) is 8.52. The topological polar surface area (TPSA) is 60.9 Å². The number of rotatable bonds is 6. The molecule has 0 amide bonds. The minimum Gasteiger partial charge on any atom is -0.396 e. The van der Waals surface area contributed by atoms with Crippen molar-refractivity contribution >= 4 is 10.2 Å². The van der Waals surface area contributed by atoms with Crippen LogP contribution in [0.4, 0.5) is 0 Å². The van der Waals surface area contributed by atoms with E-state index in [4.69, 9.17) is 5.11 Å². The SMILES string of the molecule is CC(C)CC(C)N(C)S(=O)(=O)N1CCC(CO)CC1. The van der Waals surface area contributed by atoms with Crippen molar-refractivity contribution in [3.8, 4) is 0 Å². The van der Waals surface area contributed by atoms with E-state index in [1.165, 1.54) is 4.31 Å². The van der Waals surface area contributed by atoms with Gasteiger partial charge in [0.1, 0.15) is 0 Å². The lowest BCUT2D eigenvalue weighted by Gasteiger charge is -2.35. The van der Waals surface area contributed by atoms with Crippen molar-refractivity contribution in [1.82, 2.24) is 8.61 Å². The lowest BCUT2D eigenvalue weighted by atomic mass is 10.00. The lowest BCUT2D eigenvalue weighted by molar-refractivity contribution is 0.165. The van der Waals surface area contributed by atoms with Crippen molar-refractivity contribution in [1.29, 1.82) is 0 Å². The van der Waals surface area contributed by atoms with Crippen molar-refractivity contribution < 1.29 is 13.5 Å². The highest BCUT2D eigenvalue weighted by Gasteiger charge is 2.33. The van der Waals surface area contributed by atoms with Crippen LogP contribution in [0, 0.1) is 11.8 Å². The zero-order valence-corrected chi connectivity index (χ0v) is 13.4. The largest absolute Gasteiger partial charge is 0.396 e. The van der Waals surface area contributed by atoms with Gasteiger partial charge >= 0.3 is 0 Å². The van der Waals surface area contributed by atoms with Gasteiger partial charge in [-0.2, -0.15) is 17.0 Å². The van der Waals surface area contributed by atoms with Gasteiger partial charge in [0, 0.05) is 32.8 Å². The molecule has 1 saturated heterocycles. The Bertz CT molecular complexity index is 362. The van der Waals surface area contributed by atoms with E-state index in [-0.39, 0.29) is 18.6 Å². The van der Waals surface area contributed by atoms with Crippen molar-refractivity contribution in [2.75, 3.05) is 26.7 Å². The summed E-state index contributed by atoms with van der Waals surface area (Å²) in [6.07, 6.45) is 2.37. The second-order valence-corrected chi connectivity index (χ2v) is 8.02. The Balaban J connectivity index is 2.65. The Morgan fingerprint density at radius 2 is 1.79 bits per heavy atom. The highest BCUT2D eigenvalue weighted by atomic mass is 32.2. The Kier molecular flexibility index (Phi) is 6.23. The Hall–Kier alpha value is -0.170. The molecule has 0 aromatic carbocycles. The molecule has 0 aliphatic carbocycles. The second-order valence-electron chi connectivity index (χ2n) is 6.03. The molecule has 1 aliphatic heterocycles. The first-order valence-electron chi connectivity index (χ1n) is 7.13. The summed E-state index contributed by atoms with van der Waals surface area (Å²) in [4.78, 5) is 0. The first kappa shape index (κ1) is 16.9. The highest BCUT2D eigenvalue weighted by Crippen LogP contribution is 2.22. The minimum absolute atomic E-state index is 0.0144. The highest BCUT2D eigenvalue weighted by molar-refractivity contribution is 7.86. The summed E-state index contributed by atoms with van der Waals surface area (Å²) >= 11 is 0. The lowest BCUT2D eigenvalue weighted by Crippen LogP contribution is -2.48. The standard InChI is InChI=1S/C13H28N2O3S/c1-11(2)9-12(3)14(4)19(17,18)15-7-5-13(10-16)6-8-15/h11-13,16H,5-10H2,1-4H3. The molecule has 1 aliphatic rings. The first-order chi connectivity index (χ1) is 8.78. The molecule has 1 N–H and O–H groups in total. The molecule has 5 nitrogen and oxygen atoms in total. The molecule has 0 bridgehead atoms. The van der Waals surface area contributed by atoms with E-state index in [2.05, 4.69) is 13.8 Å². The van der Waals surface area contributed by atoms with Crippen LogP contribution in [0.15, 0.2) is 0 Å². The van der Waals surface area contributed by atoms with Gasteiger partial charge in [0.05, 0.1) is 0 Å². The Morgan fingerprint density at radius 3 is 2.21 bits per heavy atom. The molecule has 0 radical (unpaired) electrons. The molecule has 6 heteroatoms. The van der Waals surface area contributed by atoms with E-state index < -0.39 is 10.2 Å².